The summed E-state index contributed by atoms with van der Waals surface area (Å²) in [6, 6.07) is 14.3. The average Bonchev–Trinajstić information content (AvgIpc) is 3.17. The summed E-state index contributed by atoms with van der Waals surface area (Å²) < 4.78 is 14.3. The zero-order valence-corrected chi connectivity index (χ0v) is 17.1. The van der Waals surface area contributed by atoms with Crippen LogP contribution in [-0.2, 0) is 6.54 Å². The minimum absolute atomic E-state index is 0.506. The molecule has 8 heteroatoms. The molecule has 2 aromatic carbocycles. The van der Waals surface area contributed by atoms with E-state index in [1.807, 2.05) is 41.2 Å². The van der Waals surface area contributed by atoms with Crippen LogP contribution in [0, 0.1) is 3.57 Å². The van der Waals surface area contributed by atoms with Gasteiger partial charge in [-0.25, -0.2) is 9.67 Å². The van der Waals surface area contributed by atoms with Crippen molar-refractivity contribution in [2.45, 2.75) is 6.54 Å². The van der Waals surface area contributed by atoms with Crippen LogP contribution in [0.5, 0.6) is 11.5 Å². The third kappa shape index (κ3) is 3.28. The molecule has 2 aliphatic rings. The van der Waals surface area contributed by atoms with Gasteiger partial charge in [0.1, 0.15) is 31.5 Å². The van der Waals surface area contributed by atoms with Crippen molar-refractivity contribution in [2.24, 2.45) is 4.99 Å². The van der Waals surface area contributed by atoms with Gasteiger partial charge < -0.3 is 20.1 Å². The number of nitrogens with zero attached hydrogens (tertiary/aromatic N) is 3. The summed E-state index contributed by atoms with van der Waals surface area (Å²) in [5, 5.41) is 11.3. The molecule has 0 saturated heterocycles. The number of nitrogens with one attached hydrogen (secondary N) is 2. The Morgan fingerprint density at radius 3 is 2.89 bits per heavy atom. The van der Waals surface area contributed by atoms with E-state index in [0.717, 1.165) is 40.0 Å². The van der Waals surface area contributed by atoms with Gasteiger partial charge in [-0.15, -0.1) is 0 Å². The summed E-state index contributed by atoms with van der Waals surface area (Å²) in [7, 11) is 0. The van der Waals surface area contributed by atoms with Crippen LogP contribution in [0.2, 0.25) is 0 Å². The minimum atomic E-state index is 0.506. The molecule has 2 N–H and O–H groups in total. The number of amidine groups is 1. The van der Waals surface area contributed by atoms with Crippen molar-refractivity contribution in [2.75, 3.05) is 25.2 Å². The number of hydrogen-bond donors (Lipinski definition) is 2. The van der Waals surface area contributed by atoms with Gasteiger partial charge in [0.2, 0.25) is 0 Å². The molecule has 28 heavy (non-hydrogen) atoms. The molecule has 5 rings (SSSR count). The summed E-state index contributed by atoms with van der Waals surface area (Å²) in [5.41, 5.74) is 3.09. The number of halogens is 1. The lowest BCUT2D eigenvalue weighted by atomic mass is 10.2. The largest absolute Gasteiger partial charge is 0.486 e. The summed E-state index contributed by atoms with van der Waals surface area (Å²) in [5.74, 6) is 3.38. The van der Waals surface area contributed by atoms with Gasteiger partial charge in [0.15, 0.2) is 11.5 Å². The van der Waals surface area contributed by atoms with E-state index >= 15 is 0 Å². The Labute approximate surface area is 175 Å². The Morgan fingerprint density at radius 1 is 1.11 bits per heavy atom. The monoisotopic (exact) mass is 487 g/mol. The third-order valence-corrected chi connectivity index (χ3v) is 5.30. The number of rotatable bonds is 3. The van der Waals surface area contributed by atoms with Gasteiger partial charge in [-0.05, 0) is 58.5 Å². The molecule has 7 nitrogen and oxygen atoms in total. The number of aromatic nitrogens is 2. The second-order valence-corrected chi connectivity index (χ2v) is 7.72. The zero-order chi connectivity index (χ0) is 18.9. The fourth-order valence-electron chi connectivity index (χ4n) is 3.31. The van der Waals surface area contributed by atoms with Crippen molar-refractivity contribution in [1.82, 2.24) is 15.1 Å². The van der Waals surface area contributed by atoms with E-state index in [9.17, 15) is 0 Å². The molecule has 0 atom stereocenters. The molecule has 0 radical (unpaired) electrons. The van der Waals surface area contributed by atoms with Crippen molar-refractivity contribution in [3.63, 3.8) is 0 Å². The van der Waals surface area contributed by atoms with Crippen molar-refractivity contribution in [3.8, 4) is 17.2 Å². The van der Waals surface area contributed by atoms with Gasteiger partial charge >= 0.3 is 0 Å². The molecule has 0 saturated carbocycles. The second-order valence-electron chi connectivity index (χ2n) is 6.47. The number of ether oxygens (including phenoxy) is 2. The summed E-state index contributed by atoms with van der Waals surface area (Å²) in [4.78, 5) is 4.58. The predicted octanol–water partition coefficient (Wildman–Crippen LogP) is 3.17. The Kier molecular flexibility index (Phi) is 4.55. The van der Waals surface area contributed by atoms with Gasteiger partial charge in [-0.3, -0.25) is 0 Å². The van der Waals surface area contributed by atoms with Crippen LogP contribution in [0.15, 0.2) is 53.7 Å². The fourth-order valence-corrected chi connectivity index (χ4v) is 3.84. The van der Waals surface area contributed by atoms with E-state index in [1.165, 1.54) is 3.57 Å². The smallest absolute Gasteiger partial charge is 0.161 e. The van der Waals surface area contributed by atoms with Crippen LogP contribution < -0.4 is 20.1 Å². The maximum absolute atomic E-state index is 5.67. The van der Waals surface area contributed by atoms with Crippen LogP contribution in [0.25, 0.3) is 5.69 Å². The van der Waals surface area contributed by atoms with E-state index in [1.54, 1.807) is 0 Å². The van der Waals surface area contributed by atoms with E-state index in [-0.39, 0.29) is 0 Å². The van der Waals surface area contributed by atoms with Crippen molar-refractivity contribution < 1.29 is 9.47 Å². The molecule has 3 heterocycles. The first-order valence-electron chi connectivity index (χ1n) is 9.03. The quantitative estimate of drug-likeness (QED) is 0.556. The highest BCUT2D eigenvalue weighted by Crippen LogP contribution is 2.31. The van der Waals surface area contributed by atoms with Crippen molar-refractivity contribution in [1.29, 1.82) is 0 Å². The predicted molar refractivity (Wildman–Crippen MR) is 116 cm³/mol. The second kappa shape index (κ2) is 7.34. The maximum atomic E-state index is 5.67. The molecular formula is C20H18IN5O2. The van der Waals surface area contributed by atoms with Crippen LogP contribution >= 0.6 is 22.6 Å². The molecule has 0 aliphatic carbocycles. The first-order chi connectivity index (χ1) is 13.8. The van der Waals surface area contributed by atoms with Crippen LogP contribution in [0.4, 0.5) is 5.82 Å². The molecule has 0 unspecified atom stereocenters. The molecule has 0 spiro atoms. The molecule has 142 valence electrons. The van der Waals surface area contributed by atoms with Gasteiger partial charge in [0, 0.05) is 10.1 Å². The Hall–Kier alpha value is -2.75. The lowest BCUT2D eigenvalue weighted by Gasteiger charge is -2.20. The number of benzene rings is 2. The molecule has 3 aromatic rings. The summed E-state index contributed by atoms with van der Waals surface area (Å²) in [6.07, 6.45) is 1.84. The highest BCUT2D eigenvalue weighted by atomic mass is 127. The van der Waals surface area contributed by atoms with E-state index in [0.29, 0.717) is 26.4 Å². The minimum Gasteiger partial charge on any atom is -0.486 e. The molecule has 2 aliphatic heterocycles. The SMILES string of the molecule is Ic1cccc(-n2ncc3c2NCN=C3NCc2ccc3c(c2)OCCO3)c1. The standard InChI is InChI=1S/C20H18IN5O2/c21-14-2-1-3-15(9-14)26-20-16(11-25-26)19(23-12-24-20)22-10-13-4-5-17-18(8-13)28-7-6-27-17/h1-5,8-9,11,24H,6-7,10,12H2,(H,22,23). The Morgan fingerprint density at radius 2 is 2.00 bits per heavy atom. The number of hydrogen-bond acceptors (Lipinski definition) is 6. The summed E-state index contributed by atoms with van der Waals surface area (Å²) >= 11 is 2.31. The van der Waals surface area contributed by atoms with Gasteiger partial charge in [-0.2, -0.15) is 5.10 Å². The average molecular weight is 487 g/mol. The van der Waals surface area contributed by atoms with Crippen molar-refractivity contribution >= 4 is 34.2 Å². The van der Waals surface area contributed by atoms with Crippen molar-refractivity contribution in [3.05, 3.63) is 63.4 Å². The number of fused-ring (bicyclic) bond motifs is 2. The number of anilines is 1. The van der Waals surface area contributed by atoms with Crippen LogP contribution in [0.3, 0.4) is 0 Å². The number of aliphatic imine (C=N–C) groups is 1. The lowest BCUT2D eigenvalue weighted by molar-refractivity contribution is 0.171. The van der Waals surface area contributed by atoms with E-state index in [4.69, 9.17) is 9.47 Å². The van der Waals surface area contributed by atoms with E-state index in [2.05, 4.69) is 55.4 Å². The van der Waals surface area contributed by atoms with Crippen LogP contribution in [-0.4, -0.2) is 35.5 Å². The maximum Gasteiger partial charge on any atom is 0.161 e. The van der Waals surface area contributed by atoms with Gasteiger partial charge in [0.05, 0.1) is 17.4 Å². The topological polar surface area (TPSA) is 72.7 Å². The highest BCUT2D eigenvalue weighted by molar-refractivity contribution is 14.1. The molecular weight excluding hydrogens is 469 g/mol. The first-order valence-corrected chi connectivity index (χ1v) is 10.1. The first kappa shape index (κ1) is 17.4. The fraction of sp³-hybridized carbons (Fsp3) is 0.200. The molecule has 1 aromatic heterocycles. The van der Waals surface area contributed by atoms with E-state index < -0.39 is 0 Å². The Balaban J connectivity index is 1.36. The summed E-state index contributed by atoms with van der Waals surface area (Å²) in [6.45, 7) is 2.33. The van der Waals surface area contributed by atoms with Gasteiger partial charge in [0.25, 0.3) is 0 Å². The molecule has 0 fully saturated rings. The normalized spacial score (nSPS) is 14.7. The van der Waals surface area contributed by atoms with Gasteiger partial charge in [-0.1, -0.05) is 12.1 Å². The zero-order valence-electron chi connectivity index (χ0n) is 15.0. The third-order valence-electron chi connectivity index (χ3n) is 4.63. The lowest BCUT2D eigenvalue weighted by Crippen LogP contribution is -2.29. The molecule has 0 amide bonds. The highest BCUT2D eigenvalue weighted by Gasteiger charge is 2.20. The Bertz CT molecular complexity index is 1060. The van der Waals surface area contributed by atoms with Crippen LogP contribution in [0.1, 0.15) is 11.1 Å². The molecule has 0 bridgehead atoms.